The van der Waals surface area contributed by atoms with Crippen molar-refractivity contribution in [3.8, 4) is 0 Å². The molecule has 2 aliphatic carbocycles. The smallest absolute Gasteiger partial charge is 0.419 e. The second-order valence-electron chi connectivity index (χ2n) is 13.3. The van der Waals surface area contributed by atoms with Gasteiger partial charge in [0.1, 0.15) is 18.3 Å². The van der Waals surface area contributed by atoms with Gasteiger partial charge in [0.25, 0.3) is 0 Å². The third-order valence-corrected chi connectivity index (χ3v) is 10.4. The van der Waals surface area contributed by atoms with Crippen molar-refractivity contribution in [1.29, 1.82) is 0 Å². The van der Waals surface area contributed by atoms with Gasteiger partial charge in [0.05, 0.1) is 11.2 Å². The minimum absolute atomic E-state index is 0.0561. The zero-order valence-electron chi connectivity index (χ0n) is 24.2. The van der Waals surface area contributed by atoms with Crippen molar-refractivity contribution in [2.45, 2.75) is 95.7 Å². The van der Waals surface area contributed by atoms with Crippen molar-refractivity contribution in [2.75, 3.05) is 18.5 Å². The van der Waals surface area contributed by atoms with Crippen molar-refractivity contribution in [2.24, 2.45) is 29.4 Å². The number of ether oxygens (including phenoxy) is 1. The van der Waals surface area contributed by atoms with Crippen molar-refractivity contribution >= 4 is 34.5 Å². The van der Waals surface area contributed by atoms with Crippen LogP contribution in [0.1, 0.15) is 83.7 Å². The quantitative estimate of drug-likeness (QED) is 0.466. The normalized spacial score (nSPS) is 28.9. The number of alkyl halides is 1. The zero-order valence-corrected chi connectivity index (χ0v) is 24.2. The Hall–Kier alpha value is -2.94. The summed E-state index contributed by atoms with van der Waals surface area (Å²) in [5, 5.41) is 4.03. The van der Waals surface area contributed by atoms with Crippen LogP contribution in [0.15, 0.2) is 24.3 Å². The third-order valence-electron chi connectivity index (χ3n) is 10.4. The molecule has 2 saturated carbocycles. The van der Waals surface area contributed by atoms with Gasteiger partial charge in [-0.2, -0.15) is 0 Å². The van der Waals surface area contributed by atoms with E-state index in [0.717, 1.165) is 43.2 Å². The van der Waals surface area contributed by atoms with E-state index in [9.17, 15) is 18.8 Å². The molecule has 9 heteroatoms. The summed E-state index contributed by atoms with van der Waals surface area (Å²) in [5.74, 6) is 0.435. The largest absolute Gasteiger partial charge is 0.436 e. The van der Waals surface area contributed by atoms with Crippen molar-refractivity contribution in [3.63, 3.8) is 0 Å². The highest BCUT2D eigenvalue weighted by Crippen LogP contribution is 2.42. The number of carbonyl (C=O) groups is 3. The van der Waals surface area contributed by atoms with Crippen LogP contribution in [0.5, 0.6) is 0 Å². The number of likely N-dealkylation sites (tertiary alicyclic amines) is 1. The van der Waals surface area contributed by atoms with E-state index in [4.69, 9.17) is 10.5 Å². The molecule has 41 heavy (non-hydrogen) atoms. The topological polar surface area (TPSA) is 107 Å². The summed E-state index contributed by atoms with van der Waals surface area (Å²) in [6.07, 6.45) is 9.07. The first-order valence-electron chi connectivity index (χ1n) is 15.5. The number of aromatic nitrogens is 1. The molecular formula is C32H43FN4O4. The second-order valence-corrected chi connectivity index (χ2v) is 13.3. The molecule has 0 spiro atoms. The molecule has 4 aliphatic rings. The molecule has 3 atom stereocenters. The number of fused-ring (bicyclic) bond motifs is 3. The standard InChI is InChI=1S/C32H43FN4O4/c1-32(2)27-16-22-12-13-23(17-26(22)37(27)31(40)41-32)35-29(38)28-24(19-6-4-3-5-7-19)14-15-36(28)30(39)21-10-8-20(9-11-21)25(34)18-33/h12-13,16-17,19-21,24-25,28H,3-11,14-15,18,34H2,1-2H3,(H,35,38)/t20?,21?,24-,25+,28-/m0/s1. The number of amides is 2. The lowest BCUT2D eigenvalue weighted by Gasteiger charge is -2.36. The molecule has 2 aliphatic heterocycles. The Bertz CT molecular complexity index is 1320. The summed E-state index contributed by atoms with van der Waals surface area (Å²) < 4.78 is 20.2. The molecule has 1 saturated heterocycles. The molecule has 2 aromatic rings. The van der Waals surface area contributed by atoms with E-state index in [2.05, 4.69) is 5.32 Å². The Labute approximate surface area is 241 Å². The predicted molar refractivity (Wildman–Crippen MR) is 155 cm³/mol. The van der Waals surface area contributed by atoms with E-state index < -0.39 is 30.5 Å². The van der Waals surface area contributed by atoms with Crippen LogP contribution in [0.3, 0.4) is 0 Å². The Balaban J connectivity index is 1.24. The molecule has 1 aromatic carbocycles. The summed E-state index contributed by atoms with van der Waals surface area (Å²) in [7, 11) is 0. The van der Waals surface area contributed by atoms with E-state index in [1.165, 1.54) is 19.3 Å². The Morgan fingerprint density at radius 3 is 2.51 bits per heavy atom. The fourth-order valence-corrected chi connectivity index (χ4v) is 8.06. The van der Waals surface area contributed by atoms with Crippen LogP contribution in [0.4, 0.5) is 14.9 Å². The molecule has 2 amide bonds. The molecule has 1 aromatic heterocycles. The number of anilines is 1. The Morgan fingerprint density at radius 2 is 1.80 bits per heavy atom. The van der Waals surface area contributed by atoms with Gasteiger partial charge in [-0.1, -0.05) is 38.2 Å². The maximum absolute atomic E-state index is 14.1. The second kappa shape index (κ2) is 11.0. The van der Waals surface area contributed by atoms with Gasteiger partial charge in [0.2, 0.25) is 11.8 Å². The molecule has 0 radical (unpaired) electrons. The van der Waals surface area contributed by atoms with Crippen LogP contribution in [0, 0.1) is 23.7 Å². The van der Waals surface area contributed by atoms with Gasteiger partial charge in [-0.25, -0.2) is 13.8 Å². The van der Waals surface area contributed by atoms with Gasteiger partial charge in [-0.05, 0) is 81.9 Å². The minimum atomic E-state index is -0.715. The first-order chi connectivity index (χ1) is 19.7. The van der Waals surface area contributed by atoms with Crippen LogP contribution in [-0.4, -0.2) is 52.7 Å². The molecule has 8 nitrogen and oxygen atoms in total. The minimum Gasteiger partial charge on any atom is -0.436 e. The molecule has 6 rings (SSSR count). The van der Waals surface area contributed by atoms with Crippen molar-refractivity contribution in [3.05, 3.63) is 30.0 Å². The zero-order chi connectivity index (χ0) is 28.9. The molecule has 3 heterocycles. The maximum atomic E-state index is 14.1. The predicted octanol–water partition coefficient (Wildman–Crippen LogP) is 5.71. The first kappa shape index (κ1) is 28.2. The number of carbonyl (C=O) groups excluding carboxylic acids is 3. The summed E-state index contributed by atoms with van der Waals surface area (Å²) >= 11 is 0. The van der Waals surface area contributed by atoms with E-state index >= 15 is 0 Å². The fraction of sp³-hybridized carbons (Fsp3) is 0.656. The molecule has 3 fully saturated rings. The van der Waals surface area contributed by atoms with Gasteiger partial charge in [0.15, 0.2) is 0 Å². The molecular weight excluding hydrogens is 523 g/mol. The van der Waals surface area contributed by atoms with Crippen LogP contribution >= 0.6 is 0 Å². The van der Waals surface area contributed by atoms with Crippen LogP contribution < -0.4 is 11.1 Å². The number of hydrogen-bond donors (Lipinski definition) is 2. The van der Waals surface area contributed by atoms with Gasteiger partial charge < -0.3 is 20.7 Å². The summed E-state index contributed by atoms with van der Waals surface area (Å²) in [6.45, 7) is 3.79. The van der Waals surface area contributed by atoms with E-state index in [1.54, 1.807) is 4.57 Å². The van der Waals surface area contributed by atoms with Gasteiger partial charge >= 0.3 is 6.09 Å². The van der Waals surface area contributed by atoms with Gasteiger partial charge in [0, 0.05) is 29.6 Å². The summed E-state index contributed by atoms with van der Waals surface area (Å²) in [4.78, 5) is 42.4. The molecule has 0 unspecified atom stereocenters. The van der Waals surface area contributed by atoms with Gasteiger partial charge in [-0.15, -0.1) is 0 Å². The highest BCUT2D eigenvalue weighted by atomic mass is 19.1. The average molecular weight is 567 g/mol. The number of halogens is 1. The first-order valence-corrected chi connectivity index (χ1v) is 15.5. The lowest BCUT2D eigenvalue weighted by molar-refractivity contribution is -0.142. The number of nitrogens with zero attached hydrogens (tertiary/aromatic N) is 2. The number of nitrogens with two attached hydrogens (primary N) is 1. The van der Waals surface area contributed by atoms with Crippen LogP contribution in [-0.2, 0) is 19.9 Å². The van der Waals surface area contributed by atoms with E-state index in [0.29, 0.717) is 36.5 Å². The van der Waals surface area contributed by atoms with Gasteiger partial charge in [-0.3, -0.25) is 9.59 Å². The lowest BCUT2D eigenvalue weighted by Crippen LogP contribution is -2.50. The number of nitrogens with one attached hydrogen (secondary N) is 1. The Morgan fingerprint density at radius 1 is 1.07 bits per heavy atom. The number of hydrogen-bond acceptors (Lipinski definition) is 5. The number of benzene rings is 1. The Kier molecular flexibility index (Phi) is 7.59. The van der Waals surface area contributed by atoms with E-state index in [-0.39, 0.29) is 29.6 Å². The number of cyclic esters (lactones) is 1. The maximum Gasteiger partial charge on any atom is 0.419 e. The van der Waals surface area contributed by atoms with Crippen molar-refractivity contribution in [1.82, 2.24) is 9.47 Å². The SMILES string of the molecule is CC1(C)OC(=O)n2c1cc1ccc(NC(=O)[C@@H]3[C@H](C4CCCCC4)CCN3C(=O)C3CCC([C@H](N)CF)CC3)cc12. The van der Waals surface area contributed by atoms with E-state index in [1.807, 2.05) is 43.0 Å². The molecule has 222 valence electrons. The summed E-state index contributed by atoms with van der Waals surface area (Å²) in [6, 6.07) is 6.58. The monoisotopic (exact) mass is 566 g/mol. The lowest BCUT2D eigenvalue weighted by atomic mass is 9.76. The third kappa shape index (κ3) is 5.15. The molecule has 0 bridgehead atoms. The average Bonchev–Trinajstić information content (AvgIpc) is 3.65. The highest BCUT2D eigenvalue weighted by molar-refractivity contribution is 6.01. The van der Waals surface area contributed by atoms with Crippen LogP contribution in [0.2, 0.25) is 0 Å². The van der Waals surface area contributed by atoms with Crippen molar-refractivity contribution < 1.29 is 23.5 Å². The van der Waals surface area contributed by atoms with Crippen LogP contribution in [0.25, 0.3) is 10.9 Å². The highest BCUT2D eigenvalue weighted by Gasteiger charge is 2.47. The number of rotatable bonds is 6. The fourth-order valence-electron chi connectivity index (χ4n) is 8.06. The molecule has 3 N–H and O–H groups in total. The summed E-state index contributed by atoms with van der Waals surface area (Å²) in [5.41, 5.74) is 7.32.